The number of aromatic nitrogens is 3. The van der Waals surface area contributed by atoms with Gasteiger partial charge in [-0.1, -0.05) is 49.3 Å². The van der Waals surface area contributed by atoms with Gasteiger partial charge in [-0.15, -0.1) is 0 Å². The van der Waals surface area contributed by atoms with Gasteiger partial charge < -0.3 is 4.74 Å². The van der Waals surface area contributed by atoms with Crippen LogP contribution in [0.2, 0.25) is 5.02 Å². The van der Waals surface area contributed by atoms with Gasteiger partial charge in [0.1, 0.15) is 5.75 Å². The van der Waals surface area contributed by atoms with Crippen LogP contribution in [0.15, 0.2) is 52.4 Å². The van der Waals surface area contributed by atoms with Gasteiger partial charge in [0, 0.05) is 23.0 Å². The Hall–Kier alpha value is -3.17. The smallest absolute Gasteiger partial charge is 0.325 e. The monoisotopic (exact) mass is 485 g/mol. The van der Waals surface area contributed by atoms with Gasteiger partial charge >= 0.3 is 17.2 Å². The number of nitrogens with one attached hydrogen (secondary N) is 1. The summed E-state index contributed by atoms with van der Waals surface area (Å²) in [5.41, 5.74) is 1.53. The number of ether oxygens (including phenoxy) is 1. The molecule has 0 radical (unpaired) electrons. The van der Waals surface area contributed by atoms with E-state index in [1.807, 2.05) is 0 Å². The van der Waals surface area contributed by atoms with Crippen molar-refractivity contribution in [3.05, 3.63) is 63.4 Å². The van der Waals surface area contributed by atoms with Crippen LogP contribution in [0.5, 0.6) is 5.75 Å². The fourth-order valence-corrected chi connectivity index (χ4v) is 4.34. The molecule has 1 atom stereocenters. The summed E-state index contributed by atoms with van der Waals surface area (Å²) in [7, 11) is 0. The molecule has 0 fully saturated rings. The maximum absolute atomic E-state index is 13.3. The second-order valence-corrected chi connectivity index (χ2v) is 8.51. The summed E-state index contributed by atoms with van der Waals surface area (Å²) in [5, 5.41) is 5.40. The second-order valence-electron chi connectivity index (χ2n) is 7.27. The molecule has 0 bridgehead atoms. The summed E-state index contributed by atoms with van der Waals surface area (Å²) in [4.78, 5) is 43.0. The molecule has 2 heterocycles. The first-order valence-corrected chi connectivity index (χ1v) is 12.0. The van der Waals surface area contributed by atoms with Gasteiger partial charge in [0.15, 0.2) is 0 Å². The van der Waals surface area contributed by atoms with E-state index in [1.165, 1.54) is 16.4 Å². The summed E-state index contributed by atoms with van der Waals surface area (Å²) >= 11 is 7.61. The number of para-hydroxylation sites is 1. The number of anilines is 1. The molecule has 4 rings (SSSR count). The quantitative estimate of drug-likeness (QED) is 0.256. The van der Waals surface area contributed by atoms with E-state index in [2.05, 4.69) is 10.1 Å². The van der Waals surface area contributed by atoms with E-state index in [0.29, 0.717) is 32.7 Å². The summed E-state index contributed by atoms with van der Waals surface area (Å²) in [6.07, 6.45) is 1.28. The topological polar surface area (TPSA) is 96.2 Å². The number of nitrogens with zero attached hydrogens (tertiary/aromatic N) is 3. The van der Waals surface area contributed by atoms with Gasteiger partial charge in [-0.2, -0.15) is 0 Å². The highest BCUT2D eigenvalue weighted by atomic mass is 35.5. The molecule has 33 heavy (non-hydrogen) atoms. The van der Waals surface area contributed by atoms with Crippen molar-refractivity contribution in [1.82, 2.24) is 10.1 Å². The molecule has 1 aliphatic heterocycles. The normalized spacial score (nSPS) is 14.4. The molecular formula is C23H22ClN4O4S+. The lowest BCUT2D eigenvalue weighted by atomic mass is 10.0. The average molecular weight is 486 g/mol. The Kier molecular flexibility index (Phi) is 6.53. The Morgan fingerprint density at radius 1 is 1.21 bits per heavy atom. The van der Waals surface area contributed by atoms with Crippen LogP contribution in [0, 0.1) is 0 Å². The third-order valence-corrected chi connectivity index (χ3v) is 6.09. The Balaban J connectivity index is 2.09. The van der Waals surface area contributed by atoms with E-state index < -0.39 is 12.1 Å². The summed E-state index contributed by atoms with van der Waals surface area (Å²) < 4.78 is 7.10. The standard InChI is InChI=1S/C23H21ClN4O4S/c1-4-18(29)27-16-9-7-6-8-14(16)20-21(31)25-23(33-3)26-28(20)22(27)15-12-13(24)10-11-17(15)32-19(30)5-2/h6-12,22H,4-5H2,1-3H3/p+1. The number of fused-ring (bicyclic) bond motifs is 3. The van der Waals surface area contributed by atoms with Gasteiger partial charge in [-0.3, -0.25) is 19.4 Å². The number of hydrogen-bond donors (Lipinski definition) is 1. The summed E-state index contributed by atoms with van der Waals surface area (Å²) in [6, 6.07) is 12.0. The molecule has 1 unspecified atom stereocenters. The Morgan fingerprint density at radius 3 is 2.67 bits per heavy atom. The summed E-state index contributed by atoms with van der Waals surface area (Å²) in [6.45, 7) is 3.45. The molecule has 8 nitrogen and oxygen atoms in total. The maximum atomic E-state index is 13.3. The van der Waals surface area contributed by atoms with Crippen LogP contribution in [-0.2, 0) is 9.59 Å². The number of H-pyrrole nitrogens is 1. The minimum absolute atomic E-state index is 0.172. The molecular weight excluding hydrogens is 464 g/mol. The van der Waals surface area contributed by atoms with Crippen LogP contribution in [0.1, 0.15) is 38.4 Å². The molecule has 1 N–H and O–H groups in total. The zero-order valence-corrected chi connectivity index (χ0v) is 19.9. The van der Waals surface area contributed by atoms with E-state index in [9.17, 15) is 14.4 Å². The third kappa shape index (κ3) is 4.14. The Labute approximate surface area is 199 Å². The minimum Gasteiger partial charge on any atom is -0.426 e. The molecule has 0 spiro atoms. The zero-order chi connectivity index (χ0) is 23.7. The van der Waals surface area contributed by atoms with Crippen molar-refractivity contribution < 1.29 is 19.0 Å². The van der Waals surface area contributed by atoms with Gasteiger partial charge in [-0.05, 0) is 41.3 Å². The SMILES string of the molecule is CCC(=O)Oc1ccc(Cl)cc1C1N(C(=O)CC)c2ccccc2-c2c(=O)[nH]c(SC)n[n+]21. The van der Waals surface area contributed by atoms with Crippen LogP contribution in [0.4, 0.5) is 5.69 Å². The van der Waals surface area contributed by atoms with E-state index in [1.54, 1.807) is 67.5 Å². The number of benzene rings is 2. The number of rotatable bonds is 5. The van der Waals surface area contributed by atoms with Crippen molar-refractivity contribution in [2.75, 3.05) is 11.2 Å². The van der Waals surface area contributed by atoms with Crippen LogP contribution in [0.3, 0.4) is 0 Å². The first-order chi connectivity index (χ1) is 15.9. The second kappa shape index (κ2) is 9.36. The fraction of sp³-hybridized carbons (Fsp3) is 0.261. The van der Waals surface area contributed by atoms with E-state index in [4.69, 9.17) is 16.3 Å². The van der Waals surface area contributed by atoms with Crippen molar-refractivity contribution in [3.63, 3.8) is 0 Å². The summed E-state index contributed by atoms with van der Waals surface area (Å²) in [5.74, 6) is -0.376. The number of aromatic amines is 1. The molecule has 3 aromatic rings. The fourth-order valence-electron chi connectivity index (χ4n) is 3.79. The van der Waals surface area contributed by atoms with Crippen molar-refractivity contribution in [2.24, 2.45) is 0 Å². The molecule has 10 heteroatoms. The molecule has 170 valence electrons. The lowest BCUT2D eigenvalue weighted by molar-refractivity contribution is -0.763. The van der Waals surface area contributed by atoms with Crippen LogP contribution in [0.25, 0.3) is 11.3 Å². The largest absolute Gasteiger partial charge is 0.426 e. The van der Waals surface area contributed by atoms with Crippen molar-refractivity contribution in [1.29, 1.82) is 0 Å². The number of amides is 1. The number of carbonyl (C=O) groups excluding carboxylic acids is 2. The molecule has 1 aromatic heterocycles. The number of hydrogen-bond acceptors (Lipinski definition) is 6. The van der Waals surface area contributed by atoms with Crippen molar-refractivity contribution >= 4 is 40.9 Å². The van der Waals surface area contributed by atoms with Crippen molar-refractivity contribution in [3.8, 4) is 17.0 Å². The third-order valence-electron chi connectivity index (χ3n) is 5.29. The molecule has 0 saturated carbocycles. The van der Waals surface area contributed by atoms with Crippen LogP contribution >= 0.6 is 23.4 Å². The maximum Gasteiger partial charge on any atom is 0.325 e. The van der Waals surface area contributed by atoms with Gasteiger partial charge in [0.05, 0.1) is 16.8 Å². The molecule has 2 aromatic carbocycles. The average Bonchev–Trinajstić information content (AvgIpc) is 2.83. The van der Waals surface area contributed by atoms with E-state index >= 15 is 0 Å². The van der Waals surface area contributed by atoms with Gasteiger partial charge in [0.2, 0.25) is 11.1 Å². The lowest BCUT2D eigenvalue weighted by Gasteiger charge is -2.32. The van der Waals surface area contributed by atoms with Crippen LogP contribution in [-0.4, -0.2) is 28.2 Å². The van der Waals surface area contributed by atoms with Crippen LogP contribution < -0.4 is 19.9 Å². The zero-order valence-electron chi connectivity index (χ0n) is 18.3. The first kappa shape index (κ1) is 23.0. The van der Waals surface area contributed by atoms with Gasteiger partial charge in [-0.25, -0.2) is 4.90 Å². The Morgan fingerprint density at radius 2 is 1.97 bits per heavy atom. The van der Waals surface area contributed by atoms with Gasteiger partial charge in [0.25, 0.3) is 6.17 Å². The minimum atomic E-state index is -0.895. The highest BCUT2D eigenvalue weighted by Crippen LogP contribution is 2.40. The first-order valence-electron chi connectivity index (χ1n) is 10.4. The number of halogens is 1. The lowest BCUT2D eigenvalue weighted by Crippen LogP contribution is -2.61. The van der Waals surface area contributed by atoms with E-state index in [0.717, 1.165) is 0 Å². The number of thioether (sulfide) groups is 1. The predicted octanol–water partition coefficient (Wildman–Crippen LogP) is 3.72. The molecule has 1 amide bonds. The Bertz CT molecular complexity index is 1310. The molecule has 1 aliphatic rings. The predicted molar refractivity (Wildman–Crippen MR) is 126 cm³/mol. The molecule has 0 aliphatic carbocycles. The van der Waals surface area contributed by atoms with E-state index in [-0.39, 0.29) is 30.1 Å². The molecule has 0 saturated heterocycles. The number of carbonyl (C=O) groups is 2. The highest BCUT2D eigenvalue weighted by molar-refractivity contribution is 7.98. The highest BCUT2D eigenvalue weighted by Gasteiger charge is 2.46. The van der Waals surface area contributed by atoms with Crippen molar-refractivity contribution in [2.45, 2.75) is 38.0 Å². The number of esters is 1.